The highest BCUT2D eigenvalue weighted by Crippen LogP contribution is 2.27. The van der Waals surface area contributed by atoms with Crippen LogP contribution in [-0.4, -0.2) is 89.2 Å². The van der Waals surface area contributed by atoms with E-state index in [4.69, 9.17) is 23.7 Å². The van der Waals surface area contributed by atoms with Crippen LogP contribution in [0.2, 0.25) is 0 Å². The van der Waals surface area contributed by atoms with Crippen molar-refractivity contribution < 1.29 is 58.2 Å². The van der Waals surface area contributed by atoms with Crippen molar-refractivity contribution in [2.24, 2.45) is 0 Å². The van der Waals surface area contributed by atoms with Crippen molar-refractivity contribution >= 4 is 23.9 Å². The third-order valence-corrected chi connectivity index (χ3v) is 15.3. The van der Waals surface area contributed by atoms with Crippen molar-refractivity contribution in [2.75, 3.05) is 13.2 Å². The molecule has 0 aliphatic carbocycles. The summed E-state index contributed by atoms with van der Waals surface area (Å²) in [6.45, 7) is 5.88. The Morgan fingerprint density at radius 2 is 0.771 bits per heavy atom. The van der Waals surface area contributed by atoms with Crippen molar-refractivity contribution in [1.82, 2.24) is 0 Å². The monoisotopic (exact) mass is 1170 g/mol. The number of carboxylic acid groups (broad SMARTS) is 1. The molecule has 12 nitrogen and oxygen atoms in total. The quantitative estimate of drug-likeness (QED) is 0.0228. The molecule has 0 amide bonds. The lowest BCUT2D eigenvalue weighted by molar-refractivity contribution is -0.301. The Kier molecular flexibility index (Phi) is 54.4. The van der Waals surface area contributed by atoms with Gasteiger partial charge in [0.1, 0.15) is 18.8 Å². The minimum Gasteiger partial charge on any atom is -0.479 e. The van der Waals surface area contributed by atoms with Gasteiger partial charge in [-0.05, 0) is 83.5 Å². The summed E-state index contributed by atoms with van der Waals surface area (Å²) >= 11 is 0. The Balaban J connectivity index is 2.67. The maximum atomic E-state index is 13.2. The molecular formula is C71H122O12. The molecule has 6 unspecified atom stereocenters. The standard InChI is InChI=1S/C71H122O12/c1-4-7-10-13-16-19-22-25-28-31-32-35-36-39-42-45-48-51-54-57-63(72)79-60-62(81-64(73)58-55-52-49-46-43-40-37-33-29-26-23-20-17-14-11-8-5-2)61-80-71-69(67(76)66(75)68(83-71)70(77)78)82-65(74)59-56-53-50-47-44-41-38-34-30-27-24-21-18-15-12-9-6-3/h8,11,17,20,25-26,28-29,37,40,46,49,62,66-69,71,75-76H,4-7,9-10,12-16,18-19,21-24,27,30-36,38-39,41-45,47-48,50-61H2,1-3H3,(H,77,78)/b11-8-,20-17-,28-25-,29-26-,40-37-,49-46-. The van der Waals surface area contributed by atoms with Crippen LogP contribution in [0.5, 0.6) is 0 Å². The third-order valence-electron chi connectivity index (χ3n) is 15.3. The number of aliphatic carboxylic acids is 1. The lowest BCUT2D eigenvalue weighted by Crippen LogP contribution is -2.61. The van der Waals surface area contributed by atoms with E-state index in [1.807, 2.05) is 6.08 Å². The molecule has 0 aromatic heterocycles. The van der Waals surface area contributed by atoms with Gasteiger partial charge in [0.25, 0.3) is 0 Å². The van der Waals surface area contributed by atoms with Gasteiger partial charge >= 0.3 is 23.9 Å². The summed E-state index contributed by atoms with van der Waals surface area (Å²) in [5.41, 5.74) is 0. The molecule has 83 heavy (non-hydrogen) atoms. The van der Waals surface area contributed by atoms with Gasteiger partial charge in [0.2, 0.25) is 0 Å². The fraction of sp³-hybridized carbons (Fsp3) is 0.775. The summed E-state index contributed by atoms with van der Waals surface area (Å²) in [4.78, 5) is 51.4. The van der Waals surface area contributed by atoms with Crippen molar-refractivity contribution in [3.63, 3.8) is 0 Å². The topological polar surface area (TPSA) is 175 Å². The van der Waals surface area contributed by atoms with E-state index in [9.17, 15) is 34.5 Å². The fourth-order valence-corrected chi connectivity index (χ4v) is 10.1. The summed E-state index contributed by atoms with van der Waals surface area (Å²) < 4.78 is 28.5. The molecule has 0 radical (unpaired) electrons. The zero-order valence-corrected chi connectivity index (χ0v) is 52.9. The molecule has 1 saturated heterocycles. The number of hydrogen-bond acceptors (Lipinski definition) is 11. The number of carbonyl (C=O) groups excluding carboxylic acids is 3. The second-order valence-electron chi connectivity index (χ2n) is 23.1. The molecule has 6 atom stereocenters. The van der Waals surface area contributed by atoms with Crippen LogP contribution in [0.4, 0.5) is 0 Å². The van der Waals surface area contributed by atoms with Crippen LogP contribution in [-0.2, 0) is 42.9 Å². The van der Waals surface area contributed by atoms with E-state index >= 15 is 0 Å². The lowest BCUT2D eigenvalue weighted by atomic mass is 9.98. The van der Waals surface area contributed by atoms with Crippen LogP contribution in [0.15, 0.2) is 72.9 Å². The van der Waals surface area contributed by atoms with Gasteiger partial charge in [0.15, 0.2) is 24.6 Å². The Hall–Kier alpha value is -3.84. The molecule has 0 bridgehead atoms. The molecule has 1 heterocycles. The van der Waals surface area contributed by atoms with E-state index in [2.05, 4.69) is 87.6 Å². The molecule has 1 rings (SSSR count). The van der Waals surface area contributed by atoms with Gasteiger partial charge in [-0.25, -0.2) is 4.79 Å². The number of allylic oxidation sites excluding steroid dienone is 12. The largest absolute Gasteiger partial charge is 0.479 e. The number of hydrogen-bond donors (Lipinski definition) is 3. The molecule has 0 saturated carbocycles. The van der Waals surface area contributed by atoms with E-state index in [0.717, 1.165) is 77.0 Å². The fourth-order valence-electron chi connectivity index (χ4n) is 10.1. The average Bonchev–Trinajstić information content (AvgIpc) is 3.59. The number of rotatable bonds is 58. The van der Waals surface area contributed by atoms with Crippen LogP contribution in [0, 0.1) is 0 Å². The number of carbonyl (C=O) groups is 4. The third kappa shape index (κ3) is 48.0. The van der Waals surface area contributed by atoms with Gasteiger partial charge in [-0.2, -0.15) is 0 Å². The van der Waals surface area contributed by atoms with E-state index in [1.54, 1.807) is 0 Å². The van der Waals surface area contributed by atoms with Crippen molar-refractivity contribution in [3.05, 3.63) is 72.9 Å². The van der Waals surface area contributed by atoms with Crippen LogP contribution < -0.4 is 0 Å². The molecule has 1 fully saturated rings. The smallest absolute Gasteiger partial charge is 0.335 e. The molecule has 1 aliphatic rings. The van der Waals surface area contributed by atoms with Crippen LogP contribution in [0.3, 0.4) is 0 Å². The lowest BCUT2D eigenvalue weighted by Gasteiger charge is -2.40. The normalized spacial score (nSPS) is 18.0. The Morgan fingerprint density at radius 1 is 0.410 bits per heavy atom. The average molecular weight is 1170 g/mol. The van der Waals surface area contributed by atoms with E-state index in [-0.39, 0.29) is 25.9 Å². The zero-order valence-electron chi connectivity index (χ0n) is 52.9. The molecule has 12 heteroatoms. The SMILES string of the molecule is CC/C=C\C/C=C\C/C=C\C/C=C\C/C=C\CCCC(=O)OC(COC(=O)CCCCCCCCCCC/C=C\CCCCCCCC)COC1OC(C(=O)O)C(O)C(O)C1OC(=O)CCCCCCCCCCCCCCCCCCC. The van der Waals surface area contributed by atoms with Gasteiger partial charge in [-0.15, -0.1) is 0 Å². The summed E-state index contributed by atoms with van der Waals surface area (Å²) in [5, 5.41) is 31.6. The number of unbranched alkanes of at least 4 members (excludes halogenated alkanes) is 32. The van der Waals surface area contributed by atoms with Crippen LogP contribution in [0.1, 0.15) is 303 Å². The number of aliphatic hydroxyl groups excluding tert-OH is 2. The van der Waals surface area contributed by atoms with Gasteiger partial charge in [-0.1, -0.05) is 273 Å². The first-order chi connectivity index (χ1) is 40.6. The van der Waals surface area contributed by atoms with Crippen molar-refractivity contribution in [3.8, 4) is 0 Å². The molecular weight excluding hydrogens is 1040 g/mol. The maximum absolute atomic E-state index is 13.2. The molecule has 478 valence electrons. The summed E-state index contributed by atoms with van der Waals surface area (Å²) in [6.07, 6.45) is 62.9. The van der Waals surface area contributed by atoms with Gasteiger partial charge in [0.05, 0.1) is 6.61 Å². The highest BCUT2D eigenvalue weighted by Gasteiger charge is 2.50. The Labute approximate surface area is 506 Å². The first-order valence-electron chi connectivity index (χ1n) is 33.9. The highest BCUT2D eigenvalue weighted by atomic mass is 16.7. The minimum atomic E-state index is -1.91. The molecule has 0 aromatic carbocycles. The number of carboxylic acids is 1. The van der Waals surface area contributed by atoms with Crippen molar-refractivity contribution in [1.29, 1.82) is 0 Å². The second-order valence-corrected chi connectivity index (χ2v) is 23.1. The predicted molar refractivity (Wildman–Crippen MR) is 340 cm³/mol. The number of aliphatic hydroxyl groups is 2. The predicted octanol–water partition coefficient (Wildman–Crippen LogP) is 18.5. The summed E-state index contributed by atoms with van der Waals surface area (Å²) in [6, 6.07) is 0. The summed E-state index contributed by atoms with van der Waals surface area (Å²) in [5.74, 6) is -3.18. The first kappa shape index (κ1) is 77.2. The minimum absolute atomic E-state index is 0.0560. The Bertz CT molecular complexity index is 1720. The number of esters is 3. The molecule has 3 N–H and O–H groups in total. The van der Waals surface area contributed by atoms with Gasteiger partial charge in [0, 0.05) is 19.3 Å². The van der Waals surface area contributed by atoms with Gasteiger partial charge < -0.3 is 39.0 Å². The molecule has 0 aromatic rings. The van der Waals surface area contributed by atoms with E-state index < -0.39 is 67.3 Å². The first-order valence-corrected chi connectivity index (χ1v) is 33.9. The highest BCUT2D eigenvalue weighted by molar-refractivity contribution is 5.74. The molecule has 0 spiro atoms. The Morgan fingerprint density at radius 3 is 1.20 bits per heavy atom. The van der Waals surface area contributed by atoms with Crippen LogP contribution in [0.25, 0.3) is 0 Å². The van der Waals surface area contributed by atoms with E-state index in [0.29, 0.717) is 25.7 Å². The van der Waals surface area contributed by atoms with E-state index in [1.165, 1.54) is 161 Å². The maximum Gasteiger partial charge on any atom is 0.335 e. The van der Waals surface area contributed by atoms with Crippen LogP contribution >= 0.6 is 0 Å². The zero-order chi connectivity index (χ0) is 60.3. The second kappa shape index (κ2) is 58.5. The molecule has 1 aliphatic heterocycles. The number of ether oxygens (including phenoxy) is 5. The van der Waals surface area contributed by atoms with Crippen molar-refractivity contribution in [2.45, 2.75) is 340 Å². The summed E-state index contributed by atoms with van der Waals surface area (Å²) in [7, 11) is 0. The van der Waals surface area contributed by atoms with Gasteiger partial charge in [-0.3, -0.25) is 14.4 Å².